The predicted molar refractivity (Wildman–Crippen MR) is 65.4 cm³/mol. The minimum Gasteiger partial charge on any atom is -0.383 e. The molecule has 0 bridgehead atoms. The van der Waals surface area contributed by atoms with E-state index in [9.17, 15) is 14.4 Å². The van der Waals surface area contributed by atoms with Crippen LogP contribution in [0.25, 0.3) is 5.69 Å². The van der Waals surface area contributed by atoms with Gasteiger partial charge in [-0.25, -0.2) is 14.3 Å². The van der Waals surface area contributed by atoms with Crippen LogP contribution in [0.3, 0.4) is 0 Å². The minimum absolute atomic E-state index is 0.0185. The first-order valence-electron chi connectivity index (χ1n) is 5.66. The first kappa shape index (κ1) is 12.0. The van der Waals surface area contributed by atoms with Gasteiger partial charge >= 0.3 is 11.9 Å². The van der Waals surface area contributed by atoms with Gasteiger partial charge in [-0.1, -0.05) is 11.3 Å². The smallest absolute Gasteiger partial charge is 0.369 e. The monoisotopic (exact) mass is 272 g/mol. The van der Waals surface area contributed by atoms with Crippen LogP contribution >= 0.6 is 0 Å². The van der Waals surface area contributed by atoms with Crippen LogP contribution < -0.4 is 5.32 Å². The number of aromatic nitrogens is 3. The molecule has 0 saturated carbocycles. The molecule has 0 atom stereocenters. The van der Waals surface area contributed by atoms with E-state index in [1.807, 2.05) is 0 Å². The zero-order valence-electron chi connectivity index (χ0n) is 10.3. The summed E-state index contributed by atoms with van der Waals surface area (Å²) in [7, 11) is 0. The molecular weight excluding hydrogens is 264 g/mol. The SMILES string of the molecule is CC(=O)Nc1cccc(-n2nnc3c2C(=O)OC3=O)c1. The first-order chi connectivity index (χ1) is 9.56. The summed E-state index contributed by atoms with van der Waals surface area (Å²) in [6, 6.07) is 6.63. The molecule has 1 N–H and O–H groups in total. The van der Waals surface area contributed by atoms with Crippen LogP contribution in [-0.2, 0) is 9.53 Å². The van der Waals surface area contributed by atoms with Crippen LogP contribution in [-0.4, -0.2) is 32.8 Å². The molecule has 0 spiro atoms. The van der Waals surface area contributed by atoms with Crippen LogP contribution in [0.5, 0.6) is 0 Å². The van der Waals surface area contributed by atoms with E-state index in [2.05, 4.69) is 20.4 Å². The number of hydrogen-bond donors (Lipinski definition) is 1. The van der Waals surface area contributed by atoms with Gasteiger partial charge in [0.2, 0.25) is 11.6 Å². The van der Waals surface area contributed by atoms with Gasteiger partial charge in [-0.3, -0.25) is 4.79 Å². The van der Waals surface area contributed by atoms with E-state index in [-0.39, 0.29) is 17.3 Å². The van der Waals surface area contributed by atoms with Crippen molar-refractivity contribution >= 4 is 23.5 Å². The average Bonchev–Trinajstić information content (AvgIpc) is 2.92. The molecule has 2 heterocycles. The van der Waals surface area contributed by atoms with E-state index < -0.39 is 11.9 Å². The number of rotatable bonds is 2. The van der Waals surface area contributed by atoms with E-state index in [0.29, 0.717) is 11.4 Å². The maximum Gasteiger partial charge on any atom is 0.369 e. The molecule has 0 radical (unpaired) electrons. The minimum atomic E-state index is -0.811. The summed E-state index contributed by atoms with van der Waals surface area (Å²) < 4.78 is 5.66. The number of hydrogen-bond acceptors (Lipinski definition) is 6. The molecule has 1 aliphatic heterocycles. The maximum atomic E-state index is 11.6. The van der Waals surface area contributed by atoms with Crippen molar-refractivity contribution in [1.82, 2.24) is 15.0 Å². The molecular formula is C12H8N4O4. The van der Waals surface area contributed by atoms with Crippen molar-refractivity contribution in [3.05, 3.63) is 35.7 Å². The fourth-order valence-corrected chi connectivity index (χ4v) is 1.88. The number of benzene rings is 1. The highest BCUT2D eigenvalue weighted by atomic mass is 16.6. The van der Waals surface area contributed by atoms with Crippen molar-refractivity contribution in [1.29, 1.82) is 0 Å². The second kappa shape index (κ2) is 4.26. The number of ether oxygens (including phenoxy) is 1. The van der Waals surface area contributed by atoms with Gasteiger partial charge in [-0.05, 0) is 18.2 Å². The lowest BCUT2D eigenvalue weighted by Crippen LogP contribution is -2.10. The zero-order valence-corrected chi connectivity index (χ0v) is 10.3. The summed E-state index contributed by atoms with van der Waals surface area (Å²) in [5.74, 6) is -1.82. The fraction of sp³-hybridized carbons (Fsp3) is 0.0833. The summed E-state index contributed by atoms with van der Waals surface area (Å²) in [4.78, 5) is 33.9. The summed E-state index contributed by atoms with van der Waals surface area (Å²) in [6.07, 6.45) is 0. The third-order valence-electron chi connectivity index (χ3n) is 2.65. The van der Waals surface area contributed by atoms with Crippen molar-refractivity contribution in [2.75, 3.05) is 5.32 Å². The lowest BCUT2D eigenvalue weighted by atomic mass is 10.2. The predicted octanol–water partition coefficient (Wildman–Crippen LogP) is 0.536. The molecule has 0 unspecified atom stereocenters. The summed E-state index contributed by atoms with van der Waals surface area (Å²) in [6.45, 7) is 1.38. The number of nitrogens with zero attached hydrogens (tertiary/aromatic N) is 3. The molecule has 20 heavy (non-hydrogen) atoms. The Hall–Kier alpha value is -3.03. The molecule has 1 amide bonds. The van der Waals surface area contributed by atoms with E-state index in [1.54, 1.807) is 24.3 Å². The van der Waals surface area contributed by atoms with Crippen LogP contribution in [0, 0.1) is 0 Å². The van der Waals surface area contributed by atoms with Gasteiger partial charge < -0.3 is 10.1 Å². The number of carbonyl (C=O) groups is 3. The van der Waals surface area contributed by atoms with E-state index in [0.717, 1.165) is 0 Å². The molecule has 1 aromatic heterocycles. The molecule has 2 aromatic rings. The third-order valence-corrected chi connectivity index (χ3v) is 2.65. The lowest BCUT2D eigenvalue weighted by Gasteiger charge is -2.06. The van der Waals surface area contributed by atoms with Crippen LogP contribution in [0.4, 0.5) is 5.69 Å². The van der Waals surface area contributed by atoms with Crippen molar-refractivity contribution < 1.29 is 19.1 Å². The standard InChI is InChI=1S/C12H8N4O4/c1-6(17)13-7-3-2-4-8(5-7)16-10-9(14-15-16)11(18)20-12(10)19/h2-5H,1H3,(H,13,17). The molecule has 0 fully saturated rings. The highest BCUT2D eigenvalue weighted by molar-refractivity contribution is 6.12. The molecule has 8 heteroatoms. The van der Waals surface area contributed by atoms with E-state index in [4.69, 9.17) is 0 Å². The zero-order chi connectivity index (χ0) is 14.3. The number of esters is 2. The molecule has 0 aliphatic carbocycles. The lowest BCUT2D eigenvalue weighted by molar-refractivity contribution is -0.114. The summed E-state index contributed by atoms with van der Waals surface area (Å²) >= 11 is 0. The van der Waals surface area contributed by atoms with Crippen molar-refractivity contribution in [2.24, 2.45) is 0 Å². The Labute approximate surface area is 112 Å². The number of anilines is 1. The molecule has 3 rings (SSSR count). The van der Waals surface area contributed by atoms with Gasteiger partial charge in [0.05, 0.1) is 5.69 Å². The normalized spacial score (nSPS) is 13.1. The van der Waals surface area contributed by atoms with E-state index >= 15 is 0 Å². The van der Waals surface area contributed by atoms with Crippen LogP contribution in [0.1, 0.15) is 27.9 Å². The number of carbonyl (C=O) groups excluding carboxylic acids is 3. The molecule has 1 aromatic carbocycles. The molecule has 8 nitrogen and oxygen atoms in total. The van der Waals surface area contributed by atoms with Gasteiger partial charge in [0.25, 0.3) is 0 Å². The topological polar surface area (TPSA) is 103 Å². The maximum absolute atomic E-state index is 11.6. The first-order valence-corrected chi connectivity index (χ1v) is 5.66. The quantitative estimate of drug-likeness (QED) is 0.632. The molecule has 0 saturated heterocycles. The van der Waals surface area contributed by atoms with E-state index in [1.165, 1.54) is 11.6 Å². The van der Waals surface area contributed by atoms with Gasteiger partial charge in [0.15, 0.2) is 5.69 Å². The second-order valence-electron chi connectivity index (χ2n) is 4.11. The summed E-state index contributed by atoms with van der Waals surface area (Å²) in [5.41, 5.74) is 0.892. The number of amides is 1. The molecule has 100 valence electrons. The fourth-order valence-electron chi connectivity index (χ4n) is 1.88. The molecule has 1 aliphatic rings. The summed E-state index contributed by atoms with van der Waals surface area (Å²) in [5, 5.41) is 10.00. The Morgan fingerprint density at radius 3 is 2.85 bits per heavy atom. The van der Waals surface area contributed by atoms with Crippen molar-refractivity contribution in [3.63, 3.8) is 0 Å². The highest BCUT2D eigenvalue weighted by Crippen LogP contribution is 2.22. The van der Waals surface area contributed by atoms with Crippen molar-refractivity contribution in [3.8, 4) is 5.69 Å². The number of cyclic esters (lactones) is 2. The Balaban J connectivity index is 2.07. The Morgan fingerprint density at radius 1 is 1.30 bits per heavy atom. The van der Waals surface area contributed by atoms with Gasteiger partial charge in [0, 0.05) is 12.6 Å². The van der Waals surface area contributed by atoms with Crippen LogP contribution in [0.2, 0.25) is 0 Å². The largest absolute Gasteiger partial charge is 0.383 e. The van der Waals surface area contributed by atoms with Gasteiger partial charge in [-0.2, -0.15) is 0 Å². The Morgan fingerprint density at radius 2 is 2.10 bits per heavy atom. The highest BCUT2D eigenvalue weighted by Gasteiger charge is 2.37. The second-order valence-corrected chi connectivity index (χ2v) is 4.11. The van der Waals surface area contributed by atoms with Gasteiger partial charge in [-0.15, -0.1) is 5.10 Å². The number of fused-ring (bicyclic) bond motifs is 1. The van der Waals surface area contributed by atoms with Crippen LogP contribution in [0.15, 0.2) is 24.3 Å². The van der Waals surface area contributed by atoms with Crippen molar-refractivity contribution in [2.45, 2.75) is 6.92 Å². The van der Waals surface area contributed by atoms with Gasteiger partial charge in [0.1, 0.15) is 0 Å². The Bertz CT molecular complexity index is 750. The Kier molecular flexibility index (Phi) is 2.56. The third kappa shape index (κ3) is 1.83. The average molecular weight is 272 g/mol. The number of nitrogens with one attached hydrogen (secondary N) is 1.